The van der Waals surface area contributed by atoms with E-state index in [-0.39, 0.29) is 27.1 Å². The van der Waals surface area contributed by atoms with Gasteiger partial charge in [0.25, 0.3) is 0 Å². The van der Waals surface area contributed by atoms with E-state index in [9.17, 15) is 0 Å². The quantitative estimate of drug-likeness (QED) is 0.137. The second-order valence-corrected chi connectivity index (χ2v) is 32.9. The van der Waals surface area contributed by atoms with Crippen molar-refractivity contribution in [3.8, 4) is 50.7 Å². The average Bonchev–Trinajstić information content (AvgIpc) is 1.54. The predicted molar refractivity (Wildman–Crippen MR) is 398 cm³/mol. The third-order valence-electron chi connectivity index (χ3n) is 19.2. The Balaban J connectivity index is 1.01. The lowest BCUT2D eigenvalue weighted by Gasteiger charge is -2.31. The van der Waals surface area contributed by atoms with E-state index >= 15 is 0 Å². The molecule has 5 nitrogen and oxygen atoms in total. The summed E-state index contributed by atoms with van der Waals surface area (Å²) in [6, 6.07) is 69.3. The molecule has 0 unspecified atom stereocenters. The maximum Gasteiger partial charge on any atom is 0.137 e. The van der Waals surface area contributed by atoms with Crippen molar-refractivity contribution in [2.24, 2.45) is 0 Å². The number of nitrogens with zero attached hydrogens (tertiary/aromatic N) is 4. The van der Waals surface area contributed by atoms with Gasteiger partial charge in [0.15, 0.2) is 0 Å². The van der Waals surface area contributed by atoms with Crippen molar-refractivity contribution in [3.05, 3.63) is 227 Å². The van der Waals surface area contributed by atoms with Gasteiger partial charge in [0, 0.05) is 66.1 Å². The Labute approximate surface area is 551 Å². The molecule has 92 heavy (non-hydrogen) atoms. The fraction of sp³-hybridized carbons (Fsp3) is 0.314. The van der Waals surface area contributed by atoms with Gasteiger partial charge in [-0.2, -0.15) is 0 Å². The molecule has 0 N–H and O–H groups in total. The molecule has 0 spiro atoms. The van der Waals surface area contributed by atoms with Crippen LogP contribution in [0.15, 0.2) is 188 Å². The number of hydrogen-bond acceptors (Lipinski definition) is 5. The molecule has 0 saturated heterocycles. The standard InChI is InChI=1S/C86H92N4OS/c1-52(2)65-28-23-29-66(53(3)4)78(65)54-33-37-72-75(45-54)88(51-89(72)80-67(55-41-58(83(8,9)10)46-59(42-55)84(11,12)13)30-24-31-68(80)56-43-60(85(14,15)16)47-61(44-56)86(17,18)19)62-25-22-26-63(49-62)91-64-34-35-71-74(50-64)90(77-48-57(39-40-87-77)82(5,6)7)73-38-36-70-69-27-20-21-32-76(69)92-81(70)79(71)73/h20-50,52-53H,51H2,1-19H3. The second kappa shape index (κ2) is 22.7. The SMILES string of the molecule is CC(C)c1cccc(C(C)C)c1-c1ccc2c(c1)N(c1cccc(Oc3ccc4c5c6sc7ccccc7c6ccc5n(-c5cc(C(C)(C)C)ccn5)c4c3)c1)CN2c1c(-c2cc(C(C)(C)C)cc(C(C)(C)C)c2)cccc1-c1cc(C(C)(C)C)cc(C(C)(C)C)c1. The Morgan fingerprint density at radius 3 is 1.57 bits per heavy atom. The van der Waals surface area contributed by atoms with Gasteiger partial charge in [-0.05, 0) is 161 Å². The maximum absolute atomic E-state index is 7.20. The topological polar surface area (TPSA) is 33.5 Å². The molecule has 9 aromatic carbocycles. The number of ether oxygens (including phenoxy) is 1. The van der Waals surface area contributed by atoms with E-state index < -0.39 is 0 Å². The van der Waals surface area contributed by atoms with Crippen molar-refractivity contribution in [1.29, 1.82) is 0 Å². The summed E-state index contributed by atoms with van der Waals surface area (Å²) in [7, 11) is 0. The van der Waals surface area contributed by atoms with Crippen LogP contribution in [-0.2, 0) is 27.1 Å². The molecular formula is C86H92N4OS. The number of anilines is 4. The van der Waals surface area contributed by atoms with Crippen LogP contribution in [0, 0.1) is 0 Å². The van der Waals surface area contributed by atoms with Crippen LogP contribution in [0.2, 0.25) is 0 Å². The van der Waals surface area contributed by atoms with E-state index in [4.69, 9.17) is 9.72 Å². The van der Waals surface area contributed by atoms with Crippen LogP contribution < -0.4 is 14.5 Å². The largest absolute Gasteiger partial charge is 0.457 e. The minimum Gasteiger partial charge on any atom is -0.457 e. The summed E-state index contributed by atoms with van der Waals surface area (Å²) < 4.78 is 12.1. The summed E-state index contributed by atoms with van der Waals surface area (Å²) in [5, 5.41) is 4.97. The van der Waals surface area contributed by atoms with Gasteiger partial charge in [-0.25, -0.2) is 4.98 Å². The first kappa shape index (κ1) is 62.4. The maximum atomic E-state index is 7.20. The molecule has 0 amide bonds. The normalized spacial score (nSPS) is 13.5. The molecule has 6 heteroatoms. The van der Waals surface area contributed by atoms with Crippen LogP contribution in [0.3, 0.4) is 0 Å². The summed E-state index contributed by atoms with van der Waals surface area (Å²) in [4.78, 5) is 10.3. The number of benzene rings is 9. The number of fused-ring (bicyclic) bond motifs is 8. The number of thiophene rings is 1. The molecule has 12 aromatic rings. The van der Waals surface area contributed by atoms with E-state index in [1.54, 1.807) is 0 Å². The lowest BCUT2D eigenvalue weighted by molar-refractivity contribution is 0.483. The Hall–Kier alpha value is -8.45. The minimum absolute atomic E-state index is 0.0629. The van der Waals surface area contributed by atoms with Crippen molar-refractivity contribution in [3.63, 3.8) is 0 Å². The summed E-state index contributed by atoms with van der Waals surface area (Å²) >= 11 is 1.87. The first-order valence-electron chi connectivity index (χ1n) is 33.3. The van der Waals surface area contributed by atoms with Crippen molar-refractivity contribution < 1.29 is 4.74 Å². The Bertz CT molecular complexity index is 4670. The third kappa shape index (κ3) is 11.4. The van der Waals surface area contributed by atoms with Crippen LogP contribution in [0.1, 0.15) is 182 Å². The highest BCUT2D eigenvalue weighted by Crippen LogP contribution is 2.54. The van der Waals surface area contributed by atoms with Gasteiger partial charge in [-0.15, -0.1) is 11.3 Å². The first-order valence-corrected chi connectivity index (χ1v) is 34.1. The number of rotatable bonds is 10. The Morgan fingerprint density at radius 2 is 0.978 bits per heavy atom. The second-order valence-electron chi connectivity index (χ2n) is 31.8. The number of hydrogen-bond donors (Lipinski definition) is 0. The molecule has 0 bridgehead atoms. The van der Waals surface area contributed by atoms with Crippen LogP contribution >= 0.6 is 11.3 Å². The fourth-order valence-electron chi connectivity index (χ4n) is 13.7. The van der Waals surface area contributed by atoms with Crippen LogP contribution in [0.4, 0.5) is 22.7 Å². The van der Waals surface area contributed by atoms with Gasteiger partial charge in [0.2, 0.25) is 0 Å². The summed E-state index contributed by atoms with van der Waals surface area (Å²) in [5.74, 6) is 3.07. The summed E-state index contributed by atoms with van der Waals surface area (Å²) in [6.45, 7) is 44.9. The van der Waals surface area contributed by atoms with Crippen molar-refractivity contribution in [2.45, 2.75) is 170 Å². The van der Waals surface area contributed by atoms with Crippen LogP contribution in [0.5, 0.6) is 11.5 Å². The molecule has 1 aliphatic heterocycles. The molecule has 0 atom stereocenters. The van der Waals surface area contributed by atoms with Crippen LogP contribution in [-0.4, -0.2) is 16.2 Å². The first-order chi connectivity index (χ1) is 43.4. The van der Waals surface area contributed by atoms with Crippen molar-refractivity contribution in [2.75, 3.05) is 16.5 Å². The smallest absolute Gasteiger partial charge is 0.137 e. The molecule has 4 heterocycles. The van der Waals surface area contributed by atoms with Gasteiger partial charge < -0.3 is 14.5 Å². The molecule has 13 rings (SSSR count). The lowest BCUT2D eigenvalue weighted by atomic mass is 9.77. The van der Waals surface area contributed by atoms with Crippen LogP contribution in [0.25, 0.3) is 81.2 Å². The minimum atomic E-state index is -0.0794. The zero-order valence-corrected chi connectivity index (χ0v) is 58.7. The molecular weight excluding hydrogens is 1140 g/mol. The third-order valence-corrected chi connectivity index (χ3v) is 20.4. The number of para-hydroxylation sites is 1. The van der Waals surface area contributed by atoms with E-state index in [0.29, 0.717) is 18.5 Å². The van der Waals surface area contributed by atoms with E-state index in [0.717, 1.165) is 45.4 Å². The van der Waals surface area contributed by atoms with Gasteiger partial charge in [-0.3, -0.25) is 4.57 Å². The highest BCUT2D eigenvalue weighted by molar-refractivity contribution is 7.26. The fourth-order valence-corrected chi connectivity index (χ4v) is 15.0. The van der Waals surface area contributed by atoms with E-state index in [1.807, 2.05) is 17.5 Å². The predicted octanol–water partition coefficient (Wildman–Crippen LogP) is 25.3. The zero-order chi connectivity index (χ0) is 65.3. The monoisotopic (exact) mass is 1230 g/mol. The highest BCUT2D eigenvalue weighted by atomic mass is 32.1. The summed E-state index contributed by atoms with van der Waals surface area (Å²) in [5.41, 5.74) is 23.1. The Morgan fingerprint density at radius 1 is 0.424 bits per heavy atom. The highest BCUT2D eigenvalue weighted by Gasteiger charge is 2.35. The van der Waals surface area contributed by atoms with Crippen molar-refractivity contribution in [1.82, 2.24) is 9.55 Å². The zero-order valence-electron chi connectivity index (χ0n) is 57.9. The summed E-state index contributed by atoms with van der Waals surface area (Å²) in [6.07, 6.45) is 1.96. The van der Waals surface area contributed by atoms with Gasteiger partial charge in [0.05, 0.1) is 28.1 Å². The molecule has 0 aliphatic carbocycles. The molecule has 3 aromatic heterocycles. The molecule has 468 valence electrons. The van der Waals surface area contributed by atoms with Crippen molar-refractivity contribution >= 4 is 76.1 Å². The average molecular weight is 1230 g/mol. The molecule has 0 fully saturated rings. The van der Waals surface area contributed by atoms with E-state index in [2.05, 4.69) is 328 Å². The van der Waals surface area contributed by atoms with Gasteiger partial charge in [-0.1, -0.05) is 241 Å². The lowest BCUT2D eigenvalue weighted by Crippen LogP contribution is -2.25. The number of pyridine rings is 1. The molecule has 1 aliphatic rings. The molecule has 0 radical (unpaired) electrons. The Kier molecular flexibility index (Phi) is 15.4. The number of aromatic nitrogens is 2. The van der Waals surface area contributed by atoms with E-state index in [1.165, 1.54) is 109 Å². The van der Waals surface area contributed by atoms with Gasteiger partial charge in [0.1, 0.15) is 24.0 Å². The molecule has 0 saturated carbocycles. The van der Waals surface area contributed by atoms with Gasteiger partial charge >= 0.3 is 0 Å².